The van der Waals surface area contributed by atoms with Crippen molar-refractivity contribution in [1.29, 1.82) is 0 Å². The van der Waals surface area contributed by atoms with Crippen LogP contribution in [0.1, 0.15) is 25.1 Å². The smallest absolute Gasteiger partial charge is 0.245 e. The maximum absolute atomic E-state index is 12.8. The molecule has 2 fully saturated rings. The maximum atomic E-state index is 12.8. The van der Waals surface area contributed by atoms with Crippen LogP contribution in [0.5, 0.6) is 0 Å². The van der Waals surface area contributed by atoms with Crippen LogP contribution in [0.2, 0.25) is 0 Å². The second-order valence-corrected chi connectivity index (χ2v) is 8.01. The van der Waals surface area contributed by atoms with Crippen molar-refractivity contribution in [2.75, 3.05) is 25.0 Å². The van der Waals surface area contributed by atoms with Gasteiger partial charge < -0.3 is 15.5 Å². The van der Waals surface area contributed by atoms with Crippen molar-refractivity contribution >= 4 is 23.5 Å². The van der Waals surface area contributed by atoms with Crippen molar-refractivity contribution in [3.8, 4) is 0 Å². The fourth-order valence-corrected chi connectivity index (χ4v) is 4.49. The average Bonchev–Trinajstić information content (AvgIpc) is 3.08. The van der Waals surface area contributed by atoms with E-state index in [0.29, 0.717) is 11.8 Å². The Hall–Kier alpha value is -2.12. The van der Waals surface area contributed by atoms with Crippen molar-refractivity contribution in [2.24, 2.45) is 0 Å². The number of rotatable bonds is 6. The average molecular weight is 384 g/mol. The third-order valence-corrected chi connectivity index (χ3v) is 6.14. The van der Waals surface area contributed by atoms with E-state index in [1.54, 1.807) is 18.0 Å². The number of carbonyl (C=O) groups is 1. The van der Waals surface area contributed by atoms with Gasteiger partial charge in [0.2, 0.25) is 5.91 Å². The Morgan fingerprint density at radius 1 is 1.15 bits per heavy atom. The molecule has 1 amide bonds. The van der Waals surface area contributed by atoms with E-state index in [2.05, 4.69) is 37.6 Å². The molecule has 3 heterocycles. The predicted molar refractivity (Wildman–Crippen MR) is 108 cm³/mol. The Labute approximate surface area is 164 Å². The lowest BCUT2D eigenvalue weighted by atomic mass is 10.1. The topological polar surface area (TPSA) is 70.2 Å². The highest BCUT2D eigenvalue weighted by Crippen LogP contribution is 2.23. The highest BCUT2D eigenvalue weighted by molar-refractivity contribution is 7.98. The molecule has 1 unspecified atom stereocenters. The van der Waals surface area contributed by atoms with E-state index < -0.39 is 0 Å². The number of hydrogen-bond acceptors (Lipinski definition) is 6. The number of thioether (sulfide) groups is 1. The van der Waals surface area contributed by atoms with Gasteiger partial charge in [-0.05, 0) is 50.6 Å². The van der Waals surface area contributed by atoms with Crippen LogP contribution in [0.25, 0.3) is 0 Å². The molecule has 6 nitrogen and oxygen atoms in total. The molecule has 0 saturated carbocycles. The number of carbonyl (C=O) groups excluding carboxylic acids is 1. The zero-order chi connectivity index (χ0) is 18.5. The van der Waals surface area contributed by atoms with E-state index in [1.807, 2.05) is 24.3 Å². The number of nitrogens with zero attached hydrogens (tertiary/aromatic N) is 3. The van der Waals surface area contributed by atoms with Gasteiger partial charge in [0.05, 0.1) is 5.75 Å². The molecule has 2 aliphatic heterocycles. The lowest BCUT2D eigenvalue weighted by Crippen LogP contribution is -2.45. The second-order valence-electron chi connectivity index (χ2n) is 6.96. The van der Waals surface area contributed by atoms with Gasteiger partial charge in [-0.2, -0.15) is 0 Å². The van der Waals surface area contributed by atoms with Gasteiger partial charge in [-0.25, -0.2) is 9.97 Å². The van der Waals surface area contributed by atoms with Gasteiger partial charge in [0.15, 0.2) is 0 Å². The van der Waals surface area contributed by atoms with Crippen molar-refractivity contribution < 1.29 is 4.79 Å². The monoisotopic (exact) mass is 383 g/mol. The number of amides is 1. The zero-order valence-electron chi connectivity index (χ0n) is 15.3. The largest absolute Gasteiger partial charge is 0.358 e. The highest BCUT2D eigenvalue weighted by atomic mass is 32.2. The van der Waals surface area contributed by atoms with Crippen LogP contribution in [0.4, 0.5) is 5.82 Å². The van der Waals surface area contributed by atoms with Gasteiger partial charge in [0.1, 0.15) is 17.7 Å². The van der Waals surface area contributed by atoms with Crippen molar-refractivity contribution in [2.45, 2.75) is 42.0 Å². The Morgan fingerprint density at radius 3 is 2.78 bits per heavy atom. The summed E-state index contributed by atoms with van der Waals surface area (Å²) in [5.74, 6) is 2.42. The minimum absolute atomic E-state index is 0.176. The second kappa shape index (κ2) is 8.71. The summed E-state index contributed by atoms with van der Waals surface area (Å²) in [6.07, 6.45) is 4.70. The van der Waals surface area contributed by atoms with E-state index >= 15 is 0 Å². The Kier molecular flexibility index (Phi) is 5.89. The van der Waals surface area contributed by atoms with Gasteiger partial charge in [-0.3, -0.25) is 4.79 Å². The van der Waals surface area contributed by atoms with Crippen LogP contribution in [-0.2, 0) is 10.5 Å². The Bertz CT molecular complexity index is 766. The summed E-state index contributed by atoms with van der Waals surface area (Å²) >= 11 is 1.71. The minimum Gasteiger partial charge on any atom is -0.358 e. The molecule has 27 heavy (non-hydrogen) atoms. The molecule has 4 rings (SSSR count). The van der Waals surface area contributed by atoms with E-state index in [-0.39, 0.29) is 11.9 Å². The first-order valence-corrected chi connectivity index (χ1v) is 10.6. The molecule has 0 spiro atoms. The molecule has 0 bridgehead atoms. The summed E-state index contributed by atoms with van der Waals surface area (Å²) < 4.78 is 0. The number of piperidine rings is 1. The summed E-state index contributed by atoms with van der Waals surface area (Å²) in [5, 5.41) is 6.69. The molecule has 2 aromatic rings. The Morgan fingerprint density at radius 2 is 1.96 bits per heavy atom. The predicted octanol–water partition coefficient (Wildman–Crippen LogP) is 2.53. The van der Waals surface area contributed by atoms with Crippen LogP contribution in [0.15, 0.2) is 47.5 Å². The molecule has 0 radical (unpaired) electrons. The van der Waals surface area contributed by atoms with Gasteiger partial charge in [0, 0.05) is 23.7 Å². The van der Waals surface area contributed by atoms with Crippen LogP contribution >= 0.6 is 11.8 Å². The van der Waals surface area contributed by atoms with Crippen LogP contribution < -0.4 is 10.6 Å². The SMILES string of the molecule is O=C1C(Nc2ccnc(CSc3ccccc3)n2)CCN1C1CCNCC1. The fourth-order valence-electron chi connectivity index (χ4n) is 3.71. The third-order valence-electron chi connectivity index (χ3n) is 5.13. The molecule has 1 aromatic carbocycles. The van der Waals surface area contributed by atoms with Crippen molar-refractivity contribution in [3.63, 3.8) is 0 Å². The van der Waals surface area contributed by atoms with Crippen LogP contribution in [-0.4, -0.2) is 52.5 Å². The molecule has 142 valence electrons. The standard InChI is InChI=1S/C20H25N5OS/c26-20-17(9-13-25(20)15-6-10-21-11-7-15)23-18-8-12-22-19(24-18)14-27-16-4-2-1-3-5-16/h1-5,8,12,15,17,21H,6-7,9-11,13-14H2,(H,22,23,24). The molecule has 2 N–H and O–H groups in total. The van der Waals surface area contributed by atoms with Gasteiger partial charge in [-0.15, -0.1) is 11.8 Å². The molecule has 7 heteroatoms. The molecular weight excluding hydrogens is 358 g/mol. The molecule has 2 saturated heterocycles. The van der Waals surface area contributed by atoms with Crippen molar-refractivity contribution in [1.82, 2.24) is 20.2 Å². The van der Waals surface area contributed by atoms with E-state index in [9.17, 15) is 4.79 Å². The van der Waals surface area contributed by atoms with E-state index in [0.717, 1.165) is 50.5 Å². The number of benzene rings is 1. The van der Waals surface area contributed by atoms with Gasteiger partial charge in [0.25, 0.3) is 0 Å². The summed E-state index contributed by atoms with van der Waals surface area (Å²) in [5.41, 5.74) is 0. The third kappa shape index (κ3) is 4.59. The van der Waals surface area contributed by atoms with Crippen LogP contribution in [0.3, 0.4) is 0 Å². The molecule has 2 aliphatic rings. The minimum atomic E-state index is -0.176. The summed E-state index contributed by atoms with van der Waals surface area (Å²) in [7, 11) is 0. The first kappa shape index (κ1) is 18.3. The van der Waals surface area contributed by atoms with Crippen molar-refractivity contribution in [3.05, 3.63) is 48.4 Å². The number of nitrogens with one attached hydrogen (secondary N) is 2. The van der Waals surface area contributed by atoms with Gasteiger partial charge in [-0.1, -0.05) is 18.2 Å². The first-order valence-electron chi connectivity index (χ1n) is 9.57. The summed E-state index contributed by atoms with van der Waals surface area (Å²) in [6, 6.07) is 12.3. The number of likely N-dealkylation sites (tertiary alicyclic amines) is 1. The fraction of sp³-hybridized carbons (Fsp3) is 0.450. The maximum Gasteiger partial charge on any atom is 0.245 e. The Balaban J connectivity index is 1.34. The normalized spacial score (nSPS) is 20.8. The molecule has 1 aromatic heterocycles. The zero-order valence-corrected chi connectivity index (χ0v) is 16.1. The van der Waals surface area contributed by atoms with Crippen LogP contribution in [0, 0.1) is 0 Å². The summed E-state index contributed by atoms with van der Waals surface area (Å²) in [6.45, 7) is 2.84. The van der Waals surface area contributed by atoms with Gasteiger partial charge >= 0.3 is 0 Å². The lowest BCUT2D eigenvalue weighted by molar-refractivity contribution is -0.130. The molecule has 0 aliphatic carbocycles. The van der Waals surface area contributed by atoms with E-state index in [4.69, 9.17) is 0 Å². The number of hydrogen-bond donors (Lipinski definition) is 2. The number of anilines is 1. The molecular formula is C20H25N5OS. The van der Waals surface area contributed by atoms with E-state index in [1.165, 1.54) is 4.90 Å². The first-order chi connectivity index (χ1) is 13.3. The summed E-state index contributed by atoms with van der Waals surface area (Å²) in [4.78, 5) is 25.0. The quantitative estimate of drug-likeness (QED) is 0.747. The molecule has 1 atom stereocenters. The number of aromatic nitrogens is 2. The highest BCUT2D eigenvalue weighted by Gasteiger charge is 2.36. The lowest BCUT2D eigenvalue weighted by Gasteiger charge is -2.31.